The minimum Gasteiger partial charge on any atom is -0.544 e. The van der Waals surface area contributed by atoms with Gasteiger partial charge in [-0.3, -0.25) is 9.59 Å². The van der Waals surface area contributed by atoms with Crippen LogP contribution in [0.3, 0.4) is 0 Å². The zero-order valence-electron chi connectivity index (χ0n) is 42.7. The van der Waals surface area contributed by atoms with Crippen LogP contribution in [0.1, 0.15) is 251 Å². The number of hydrogen-bond donors (Lipinski definition) is 0. The summed E-state index contributed by atoms with van der Waals surface area (Å²) in [5.41, 5.74) is 0. The predicted molar refractivity (Wildman–Crippen MR) is 268 cm³/mol. The standard InChI is InChI=1S/C56H103NO7/c1-6-8-10-12-14-16-18-20-22-24-25-26-27-28-29-31-33-35-37-39-41-43-45-47-55(59)64-52(50-62-49-48-53(56(60)61)57(3,4)5)51-63-54(58)46-44-42-40-38-36-34-32-30-23-21-19-17-15-13-11-9-7-2/h21,23,32,34,38,40,52-53H,6-20,22,24-31,33,35-37,39,41-51H2,1-5H3/b23-21+,34-32+,40-38+. The number of unbranched alkanes of at least 4 members (excludes halogenated alkanes) is 29. The van der Waals surface area contributed by atoms with Crippen LogP contribution in [0.25, 0.3) is 0 Å². The van der Waals surface area contributed by atoms with Crippen molar-refractivity contribution < 1.29 is 38.2 Å². The van der Waals surface area contributed by atoms with Crippen molar-refractivity contribution in [3.8, 4) is 0 Å². The lowest BCUT2D eigenvalue weighted by atomic mass is 10.0. The van der Waals surface area contributed by atoms with Gasteiger partial charge in [-0.05, 0) is 44.9 Å². The van der Waals surface area contributed by atoms with Gasteiger partial charge in [0.2, 0.25) is 0 Å². The van der Waals surface area contributed by atoms with E-state index in [1.807, 2.05) is 0 Å². The van der Waals surface area contributed by atoms with Crippen LogP contribution in [-0.2, 0) is 28.6 Å². The molecule has 0 rings (SSSR count). The summed E-state index contributed by atoms with van der Waals surface area (Å²) < 4.78 is 17.2. The number of rotatable bonds is 49. The first-order valence-corrected chi connectivity index (χ1v) is 27.0. The van der Waals surface area contributed by atoms with Crippen LogP contribution < -0.4 is 5.11 Å². The predicted octanol–water partition coefficient (Wildman–Crippen LogP) is 14.4. The van der Waals surface area contributed by atoms with Crippen molar-refractivity contribution in [2.24, 2.45) is 0 Å². The quantitative estimate of drug-likeness (QED) is 0.0259. The number of aliphatic carboxylic acids is 1. The van der Waals surface area contributed by atoms with Gasteiger partial charge in [0.15, 0.2) is 6.10 Å². The summed E-state index contributed by atoms with van der Waals surface area (Å²) in [6, 6.07) is -0.732. The molecule has 374 valence electrons. The number of allylic oxidation sites excluding steroid dienone is 6. The van der Waals surface area contributed by atoms with Crippen LogP contribution in [-0.4, -0.2) is 75.5 Å². The zero-order chi connectivity index (χ0) is 47.0. The van der Waals surface area contributed by atoms with Crippen LogP contribution in [0, 0.1) is 0 Å². The van der Waals surface area contributed by atoms with Gasteiger partial charge in [-0.25, -0.2) is 0 Å². The monoisotopic (exact) mass is 902 g/mol. The minimum atomic E-state index is -1.13. The number of carboxylic acids is 1. The van der Waals surface area contributed by atoms with Crippen molar-refractivity contribution >= 4 is 17.9 Å². The highest BCUT2D eigenvalue weighted by Gasteiger charge is 2.25. The highest BCUT2D eigenvalue weighted by atomic mass is 16.6. The highest BCUT2D eigenvalue weighted by molar-refractivity contribution is 5.70. The fourth-order valence-electron chi connectivity index (χ4n) is 8.09. The molecular formula is C56H103NO7. The molecule has 8 nitrogen and oxygen atoms in total. The maximum absolute atomic E-state index is 12.8. The summed E-state index contributed by atoms with van der Waals surface area (Å²) in [5, 5.41) is 11.7. The van der Waals surface area contributed by atoms with Crippen molar-refractivity contribution in [2.75, 3.05) is 41.0 Å². The molecule has 2 atom stereocenters. The Kier molecular flexibility index (Phi) is 45.3. The second kappa shape index (κ2) is 47.1. The number of carbonyl (C=O) groups excluding carboxylic acids is 3. The van der Waals surface area contributed by atoms with E-state index < -0.39 is 18.1 Å². The Morgan fingerprint density at radius 2 is 0.844 bits per heavy atom. The third-order valence-corrected chi connectivity index (χ3v) is 12.3. The van der Waals surface area contributed by atoms with E-state index >= 15 is 0 Å². The van der Waals surface area contributed by atoms with E-state index in [0.717, 1.165) is 38.5 Å². The van der Waals surface area contributed by atoms with Crippen LogP contribution in [0.4, 0.5) is 0 Å². The lowest BCUT2D eigenvalue weighted by molar-refractivity contribution is -0.889. The fourth-order valence-corrected chi connectivity index (χ4v) is 8.09. The molecule has 8 heteroatoms. The van der Waals surface area contributed by atoms with Crippen LogP contribution in [0.2, 0.25) is 0 Å². The molecule has 0 aliphatic rings. The molecule has 2 unspecified atom stereocenters. The Hall–Kier alpha value is -2.45. The number of esters is 2. The van der Waals surface area contributed by atoms with Gasteiger partial charge in [0.05, 0.1) is 40.3 Å². The molecule has 0 spiro atoms. The molecular weight excluding hydrogens is 799 g/mol. The average molecular weight is 902 g/mol. The van der Waals surface area contributed by atoms with Gasteiger partial charge >= 0.3 is 11.9 Å². The van der Waals surface area contributed by atoms with Crippen molar-refractivity contribution in [3.05, 3.63) is 36.5 Å². The first-order chi connectivity index (χ1) is 31.1. The number of carbonyl (C=O) groups is 3. The zero-order valence-corrected chi connectivity index (χ0v) is 42.7. The van der Waals surface area contributed by atoms with Gasteiger partial charge in [-0.2, -0.15) is 0 Å². The minimum absolute atomic E-state index is 0.0283. The Morgan fingerprint density at radius 3 is 1.27 bits per heavy atom. The van der Waals surface area contributed by atoms with E-state index in [2.05, 4.69) is 50.3 Å². The van der Waals surface area contributed by atoms with Crippen molar-refractivity contribution in [1.29, 1.82) is 0 Å². The van der Waals surface area contributed by atoms with Crippen molar-refractivity contribution in [2.45, 2.75) is 264 Å². The molecule has 0 heterocycles. The summed E-state index contributed by atoms with van der Waals surface area (Å²) in [6.45, 7) is 4.64. The summed E-state index contributed by atoms with van der Waals surface area (Å²) in [4.78, 5) is 37.0. The second-order valence-corrected chi connectivity index (χ2v) is 19.5. The first-order valence-electron chi connectivity index (χ1n) is 27.0. The summed E-state index contributed by atoms with van der Waals surface area (Å²) in [5.74, 6) is -1.79. The average Bonchev–Trinajstić information content (AvgIpc) is 3.26. The van der Waals surface area contributed by atoms with Gasteiger partial charge in [0.25, 0.3) is 0 Å². The molecule has 0 aromatic carbocycles. The van der Waals surface area contributed by atoms with Gasteiger partial charge < -0.3 is 28.6 Å². The lowest BCUT2D eigenvalue weighted by Crippen LogP contribution is -2.55. The Bertz CT molecular complexity index is 1140. The number of likely N-dealkylation sites (N-methyl/N-ethyl adjacent to an activating group) is 1. The Labute approximate surface area is 395 Å². The van der Waals surface area contributed by atoms with Gasteiger partial charge in [0.1, 0.15) is 12.6 Å². The molecule has 0 N–H and O–H groups in total. The smallest absolute Gasteiger partial charge is 0.306 e. The van der Waals surface area contributed by atoms with E-state index in [9.17, 15) is 19.5 Å². The largest absolute Gasteiger partial charge is 0.544 e. The van der Waals surface area contributed by atoms with E-state index in [4.69, 9.17) is 14.2 Å². The molecule has 0 saturated heterocycles. The SMILES string of the molecule is CCCCCCCC/C=C/C/C=C/C/C=C/CCCC(=O)OCC(COCCC(C(=O)[O-])[N+](C)(C)C)OC(=O)CCCCCCCCCCCCCCCCCCCCCCCCC. The lowest BCUT2D eigenvalue weighted by Gasteiger charge is -2.34. The fraction of sp³-hybridized carbons (Fsp3) is 0.839. The van der Waals surface area contributed by atoms with Crippen LogP contribution >= 0.6 is 0 Å². The number of hydrogen-bond acceptors (Lipinski definition) is 7. The maximum atomic E-state index is 12.8. The van der Waals surface area contributed by atoms with E-state index in [0.29, 0.717) is 12.8 Å². The molecule has 0 radical (unpaired) electrons. The molecule has 0 amide bonds. The summed E-state index contributed by atoms with van der Waals surface area (Å²) in [7, 11) is 5.41. The second-order valence-electron chi connectivity index (χ2n) is 19.5. The van der Waals surface area contributed by atoms with Gasteiger partial charge in [0, 0.05) is 19.3 Å². The first kappa shape index (κ1) is 61.5. The number of carboxylic acid groups (broad SMARTS) is 1. The van der Waals surface area contributed by atoms with Crippen LogP contribution in [0.5, 0.6) is 0 Å². The molecule has 0 bridgehead atoms. The van der Waals surface area contributed by atoms with Crippen molar-refractivity contribution in [1.82, 2.24) is 0 Å². The van der Waals surface area contributed by atoms with Gasteiger partial charge in [-0.15, -0.1) is 0 Å². The molecule has 0 aliphatic heterocycles. The normalized spacial score (nSPS) is 13.1. The maximum Gasteiger partial charge on any atom is 0.306 e. The number of ether oxygens (including phenoxy) is 3. The summed E-state index contributed by atoms with van der Waals surface area (Å²) in [6.07, 6.45) is 56.2. The molecule has 0 fully saturated rings. The van der Waals surface area contributed by atoms with Gasteiger partial charge in [-0.1, -0.05) is 224 Å². The Morgan fingerprint density at radius 1 is 0.469 bits per heavy atom. The van der Waals surface area contributed by atoms with E-state index in [-0.39, 0.29) is 49.1 Å². The number of quaternary nitrogens is 1. The molecule has 0 aromatic rings. The topological polar surface area (TPSA) is 102 Å². The van der Waals surface area contributed by atoms with E-state index in [1.165, 1.54) is 173 Å². The van der Waals surface area contributed by atoms with E-state index in [1.54, 1.807) is 21.1 Å². The molecule has 0 saturated carbocycles. The Balaban J connectivity index is 4.23. The highest BCUT2D eigenvalue weighted by Crippen LogP contribution is 2.17. The number of nitrogens with zero attached hydrogens (tertiary/aromatic N) is 1. The third kappa shape index (κ3) is 44.7. The van der Waals surface area contributed by atoms with Crippen molar-refractivity contribution in [3.63, 3.8) is 0 Å². The molecule has 0 aromatic heterocycles. The van der Waals surface area contributed by atoms with Crippen LogP contribution in [0.15, 0.2) is 36.5 Å². The molecule has 64 heavy (non-hydrogen) atoms. The summed E-state index contributed by atoms with van der Waals surface area (Å²) >= 11 is 0. The third-order valence-electron chi connectivity index (χ3n) is 12.3. The molecule has 0 aliphatic carbocycles.